The maximum absolute atomic E-state index is 11.8. The Balaban J connectivity index is 1.76. The molecule has 0 amide bonds. The molecule has 0 atom stereocenters. The Morgan fingerprint density at radius 3 is 2.00 bits per heavy atom. The molecule has 0 bridgehead atoms. The van der Waals surface area contributed by atoms with Crippen LogP contribution in [-0.2, 0) is 5.41 Å². The minimum Gasteiger partial charge on any atom is -0.295 e. The molecule has 0 aliphatic heterocycles. The molecule has 0 N–H and O–H groups in total. The lowest BCUT2D eigenvalue weighted by Crippen LogP contribution is -2.10. The summed E-state index contributed by atoms with van der Waals surface area (Å²) < 4.78 is 2.02. The Labute approximate surface area is 186 Å². The van der Waals surface area contributed by atoms with Crippen molar-refractivity contribution in [3.05, 3.63) is 83.9 Å². The lowest BCUT2D eigenvalue weighted by atomic mass is 9.87. The van der Waals surface area contributed by atoms with Crippen LogP contribution in [0.15, 0.2) is 72.8 Å². The third-order valence-electron chi connectivity index (χ3n) is 5.71. The molecule has 0 aliphatic rings. The number of carbonyl (C=O) groups excluding carboxylic acids is 1. The fourth-order valence-electron chi connectivity index (χ4n) is 3.86. The van der Waals surface area contributed by atoms with Gasteiger partial charge in [0.1, 0.15) is 5.82 Å². The highest BCUT2D eigenvalue weighted by atomic mass is 16.1. The minimum atomic E-state index is 0.0378. The highest BCUT2D eigenvalue weighted by Crippen LogP contribution is 2.30. The predicted molar refractivity (Wildman–Crippen MR) is 128 cm³/mol. The maximum Gasteiger partial charge on any atom is 0.199 e. The van der Waals surface area contributed by atoms with Crippen molar-refractivity contribution >= 4 is 28.1 Å². The molecule has 5 rings (SSSR count). The van der Waals surface area contributed by atoms with E-state index < -0.39 is 0 Å². The van der Waals surface area contributed by atoms with Crippen LogP contribution in [0.2, 0.25) is 0 Å². The number of rotatable bonds is 3. The molecule has 0 radical (unpaired) electrons. The summed E-state index contributed by atoms with van der Waals surface area (Å²) in [7, 11) is 0. The molecular weight excluding hydrogens is 396 g/mol. The molecule has 0 spiro atoms. The monoisotopic (exact) mass is 420 g/mol. The zero-order valence-corrected chi connectivity index (χ0v) is 18.6. The van der Waals surface area contributed by atoms with E-state index in [2.05, 4.69) is 45.0 Å². The van der Waals surface area contributed by atoms with Crippen LogP contribution >= 0.6 is 0 Å². The van der Waals surface area contributed by atoms with Gasteiger partial charge in [-0.3, -0.25) is 9.36 Å². The quantitative estimate of drug-likeness (QED) is 0.329. The molecule has 0 fully saturated rings. The average Bonchev–Trinajstić information content (AvgIpc) is 3.15. The summed E-state index contributed by atoms with van der Waals surface area (Å²) in [6, 6.07) is 23.8. The van der Waals surface area contributed by atoms with Gasteiger partial charge in [0.15, 0.2) is 17.1 Å². The van der Waals surface area contributed by atoms with Crippen molar-refractivity contribution in [2.45, 2.75) is 33.1 Å². The van der Waals surface area contributed by atoms with E-state index in [9.17, 15) is 4.79 Å². The Bertz CT molecular complexity index is 1460. The SMILES string of the molecule is CC(=O)c1ccc(-n2c(-c3ccc(C(C)(C)C)cc3)nc3nc4ccccc4nc32)cc1. The van der Waals surface area contributed by atoms with Crippen molar-refractivity contribution in [3.63, 3.8) is 0 Å². The minimum absolute atomic E-state index is 0.0378. The summed E-state index contributed by atoms with van der Waals surface area (Å²) >= 11 is 0. The van der Waals surface area contributed by atoms with Gasteiger partial charge in [-0.25, -0.2) is 15.0 Å². The van der Waals surface area contributed by atoms with E-state index in [1.54, 1.807) is 6.92 Å². The first-order valence-corrected chi connectivity index (χ1v) is 10.7. The molecule has 2 heterocycles. The van der Waals surface area contributed by atoms with Crippen molar-refractivity contribution < 1.29 is 4.79 Å². The van der Waals surface area contributed by atoms with Crippen LogP contribution in [0.25, 0.3) is 39.4 Å². The van der Waals surface area contributed by atoms with Crippen molar-refractivity contribution in [1.29, 1.82) is 0 Å². The molecule has 0 saturated carbocycles. The highest BCUT2D eigenvalue weighted by Gasteiger charge is 2.19. The second-order valence-corrected chi connectivity index (χ2v) is 9.06. The summed E-state index contributed by atoms with van der Waals surface area (Å²) in [5.74, 6) is 0.808. The van der Waals surface area contributed by atoms with E-state index in [1.165, 1.54) is 5.56 Å². The predicted octanol–water partition coefficient (Wildman–Crippen LogP) is 6.14. The van der Waals surface area contributed by atoms with Gasteiger partial charge in [-0.05, 0) is 54.3 Å². The largest absolute Gasteiger partial charge is 0.295 e. The van der Waals surface area contributed by atoms with E-state index in [4.69, 9.17) is 15.0 Å². The molecule has 5 aromatic rings. The number of aromatic nitrogens is 4. The number of ketones is 1. The summed E-state index contributed by atoms with van der Waals surface area (Å²) in [6.45, 7) is 8.18. The molecule has 5 heteroatoms. The number of Topliss-reactive ketones (excluding diaryl/α,β-unsaturated/α-hetero) is 1. The lowest BCUT2D eigenvalue weighted by molar-refractivity contribution is 0.101. The van der Waals surface area contributed by atoms with Gasteiger partial charge >= 0.3 is 0 Å². The Morgan fingerprint density at radius 2 is 1.41 bits per heavy atom. The summed E-state index contributed by atoms with van der Waals surface area (Å²) in [5.41, 5.74) is 6.78. The molecule has 158 valence electrons. The van der Waals surface area contributed by atoms with Crippen LogP contribution in [0, 0.1) is 0 Å². The van der Waals surface area contributed by atoms with Crippen molar-refractivity contribution in [1.82, 2.24) is 19.5 Å². The zero-order valence-electron chi connectivity index (χ0n) is 18.6. The van der Waals surface area contributed by atoms with Gasteiger partial charge in [-0.15, -0.1) is 0 Å². The molecule has 0 unspecified atom stereocenters. The van der Waals surface area contributed by atoms with E-state index >= 15 is 0 Å². The number of carbonyl (C=O) groups is 1. The topological polar surface area (TPSA) is 60.7 Å². The molecule has 0 aliphatic carbocycles. The standard InChI is InChI=1S/C27H24N4O/c1-17(32)18-11-15-21(16-12-18)31-25(19-9-13-20(14-10-19)27(2,3)4)30-24-26(31)29-23-8-6-5-7-22(23)28-24/h5-16H,1-4H3. The van der Waals surface area contributed by atoms with Gasteiger partial charge in [0, 0.05) is 16.8 Å². The number of imidazole rings is 1. The van der Waals surface area contributed by atoms with E-state index in [1.807, 2.05) is 53.1 Å². The normalized spacial score (nSPS) is 11.9. The van der Waals surface area contributed by atoms with Crippen LogP contribution in [0.3, 0.4) is 0 Å². The first kappa shape index (κ1) is 20.1. The Hall–Kier alpha value is -3.86. The van der Waals surface area contributed by atoms with Gasteiger partial charge in [0.25, 0.3) is 0 Å². The number of para-hydroxylation sites is 2. The number of nitrogens with zero attached hydrogens (tertiary/aromatic N) is 4. The van der Waals surface area contributed by atoms with Crippen LogP contribution < -0.4 is 0 Å². The number of fused-ring (bicyclic) bond motifs is 2. The molecule has 3 aromatic carbocycles. The summed E-state index contributed by atoms with van der Waals surface area (Å²) in [6.07, 6.45) is 0. The van der Waals surface area contributed by atoms with Crippen LogP contribution in [-0.4, -0.2) is 25.3 Å². The first-order chi connectivity index (χ1) is 15.3. The second kappa shape index (κ2) is 7.38. The van der Waals surface area contributed by atoms with Crippen LogP contribution in [0.4, 0.5) is 0 Å². The van der Waals surface area contributed by atoms with Gasteiger partial charge in [-0.1, -0.05) is 57.2 Å². The second-order valence-electron chi connectivity index (χ2n) is 9.06. The highest BCUT2D eigenvalue weighted by molar-refractivity contribution is 5.94. The van der Waals surface area contributed by atoms with Gasteiger partial charge in [0.2, 0.25) is 0 Å². The third kappa shape index (κ3) is 3.46. The molecule has 2 aromatic heterocycles. The summed E-state index contributed by atoms with van der Waals surface area (Å²) in [5, 5.41) is 0. The van der Waals surface area contributed by atoms with Gasteiger partial charge in [0.05, 0.1) is 11.0 Å². The maximum atomic E-state index is 11.8. The fourth-order valence-corrected chi connectivity index (χ4v) is 3.86. The van der Waals surface area contributed by atoms with Crippen molar-refractivity contribution in [2.24, 2.45) is 0 Å². The zero-order chi connectivity index (χ0) is 22.5. The Kier molecular flexibility index (Phi) is 4.63. The Morgan fingerprint density at radius 1 is 0.781 bits per heavy atom. The third-order valence-corrected chi connectivity index (χ3v) is 5.71. The summed E-state index contributed by atoms with van der Waals surface area (Å²) in [4.78, 5) is 26.3. The van der Waals surface area contributed by atoms with Crippen molar-refractivity contribution in [2.75, 3.05) is 0 Å². The van der Waals surface area contributed by atoms with Crippen molar-refractivity contribution in [3.8, 4) is 17.1 Å². The van der Waals surface area contributed by atoms with Crippen LogP contribution in [0.1, 0.15) is 43.6 Å². The van der Waals surface area contributed by atoms with Gasteiger partial charge < -0.3 is 0 Å². The average molecular weight is 421 g/mol. The first-order valence-electron chi connectivity index (χ1n) is 10.7. The van der Waals surface area contributed by atoms with E-state index in [0.29, 0.717) is 16.9 Å². The van der Waals surface area contributed by atoms with Gasteiger partial charge in [-0.2, -0.15) is 0 Å². The number of hydrogen-bond donors (Lipinski definition) is 0. The molecule has 5 nitrogen and oxygen atoms in total. The van der Waals surface area contributed by atoms with E-state index in [-0.39, 0.29) is 11.2 Å². The lowest BCUT2D eigenvalue weighted by Gasteiger charge is -2.19. The molecule has 32 heavy (non-hydrogen) atoms. The molecular formula is C27H24N4O. The number of benzene rings is 3. The number of hydrogen-bond acceptors (Lipinski definition) is 4. The molecule has 0 saturated heterocycles. The smallest absolute Gasteiger partial charge is 0.199 e. The van der Waals surface area contributed by atoms with E-state index in [0.717, 1.165) is 28.1 Å². The van der Waals surface area contributed by atoms with Crippen LogP contribution in [0.5, 0.6) is 0 Å². The fraction of sp³-hybridized carbons (Fsp3) is 0.185.